The van der Waals surface area contributed by atoms with E-state index in [1.807, 2.05) is 41.8 Å². The van der Waals surface area contributed by atoms with E-state index >= 15 is 0 Å². The van der Waals surface area contributed by atoms with Gasteiger partial charge in [0.05, 0.1) is 11.7 Å². The molecule has 0 aliphatic heterocycles. The number of carbonyl (C=O) groups is 1. The van der Waals surface area contributed by atoms with Crippen molar-refractivity contribution >= 4 is 11.7 Å². The number of urea groups is 1. The summed E-state index contributed by atoms with van der Waals surface area (Å²) < 4.78 is 6.98. The smallest absolute Gasteiger partial charge is 0.319 e. The van der Waals surface area contributed by atoms with Crippen LogP contribution in [0.15, 0.2) is 42.9 Å². The van der Waals surface area contributed by atoms with Gasteiger partial charge in [0.2, 0.25) is 0 Å². The molecule has 1 atom stereocenters. The van der Waals surface area contributed by atoms with Gasteiger partial charge in [-0.1, -0.05) is 12.1 Å². The Morgan fingerprint density at radius 3 is 2.81 bits per heavy atom. The molecule has 3 rings (SSSR count). The first-order chi connectivity index (χ1) is 13.2. The Kier molecular flexibility index (Phi) is 6.16. The molecule has 2 aromatic heterocycles. The first kappa shape index (κ1) is 18.6. The second-order valence-electron chi connectivity index (χ2n) is 6.10. The van der Waals surface area contributed by atoms with Crippen LogP contribution in [0.4, 0.5) is 10.5 Å². The molecule has 27 heavy (non-hydrogen) atoms. The normalized spacial score (nSPS) is 11.9. The quantitative estimate of drug-likeness (QED) is 0.529. The average Bonchev–Trinajstić information content (AvgIpc) is 3.34. The Morgan fingerprint density at radius 2 is 2.11 bits per heavy atom. The Hall–Kier alpha value is -3.20. The third kappa shape index (κ3) is 4.91. The molecule has 142 valence electrons. The first-order valence-corrected chi connectivity index (χ1v) is 8.71. The van der Waals surface area contributed by atoms with E-state index in [1.165, 1.54) is 0 Å². The molecule has 0 saturated carbocycles. The monoisotopic (exact) mass is 369 g/mol. The molecule has 0 aliphatic carbocycles. The summed E-state index contributed by atoms with van der Waals surface area (Å²) in [4.78, 5) is 12.3. The first-order valence-electron chi connectivity index (χ1n) is 8.71. The van der Waals surface area contributed by atoms with E-state index in [0.717, 1.165) is 24.2 Å². The molecule has 0 aliphatic rings. The number of nitrogens with one attached hydrogen (secondary N) is 3. The van der Waals surface area contributed by atoms with Crippen molar-refractivity contribution in [2.75, 3.05) is 19.0 Å². The van der Waals surface area contributed by atoms with E-state index in [2.05, 4.69) is 31.0 Å². The molecule has 0 radical (unpaired) electrons. The van der Waals surface area contributed by atoms with Gasteiger partial charge in [0.15, 0.2) is 5.82 Å². The zero-order chi connectivity index (χ0) is 19.1. The number of ether oxygens (including phenoxy) is 1. The third-order valence-corrected chi connectivity index (χ3v) is 4.08. The van der Waals surface area contributed by atoms with Crippen LogP contribution in [-0.2, 0) is 11.3 Å². The van der Waals surface area contributed by atoms with E-state index < -0.39 is 0 Å². The van der Waals surface area contributed by atoms with Crippen LogP contribution < -0.4 is 10.6 Å². The second kappa shape index (κ2) is 8.95. The summed E-state index contributed by atoms with van der Waals surface area (Å²) in [5, 5.41) is 20.6. The molecule has 9 heteroatoms. The van der Waals surface area contributed by atoms with Crippen molar-refractivity contribution in [3.05, 3.63) is 48.7 Å². The maximum Gasteiger partial charge on any atom is 0.319 e. The molecule has 0 unspecified atom stereocenters. The van der Waals surface area contributed by atoms with E-state index in [4.69, 9.17) is 4.74 Å². The van der Waals surface area contributed by atoms with E-state index in [9.17, 15) is 4.79 Å². The van der Waals surface area contributed by atoms with E-state index in [0.29, 0.717) is 18.1 Å². The summed E-state index contributed by atoms with van der Waals surface area (Å²) in [6.45, 7) is 3.27. The lowest BCUT2D eigenvalue weighted by atomic mass is 10.1. The van der Waals surface area contributed by atoms with Crippen molar-refractivity contribution in [2.45, 2.75) is 25.9 Å². The molecule has 3 N–H and O–H groups in total. The minimum Gasteiger partial charge on any atom is -0.385 e. The standard InChI is InChI=1S/C18H23N7O2/c1-13(17-24-20-12-25(17)10-3-11-27-2)21-18(26)22-15-6-4-14(5-7-15)16-8-9-19-23-16/h4-9,12-13H,3,10-11H2,1-2H3,(H,19,23)(H2,21,22,26)/t13-/m0/s1. The van der Waals surface area contributed by atoms with Gasteiger partial charge < -0.3 is 19.9 Å². The van der Waals surface area contributed by atoms with E-state index in [1.54, 1.807) is 19.6 Å². The van der Waals surface area contributed by atoms with Crippen LogP contribution in [0.3, 0.4) is 0 Å². The van der Waals surface area contributed by atoms with Crippen LogP contribution in [-0.4, -0.2) is 44.7 Å². The number of amides is 2. The maximum atomic E-state index is 12.3. The third-order valence-electron chi connectivity index (χ3n) is 4.08. The van der Waals surface area contributed by atoms with Crippen LogP contribution in [0, 0.1) is 0 Å². The van der Waals surface area contributed by atoms with Crippen LogP contribution in [0.2, 0.25) is 0 Å². The molecule has 2 heterocycles. The SMILES string of the molecule is COCCCn1cnnc1[C@H](C)NC(=O)Nc1ccc(-c2ccn[nH]2)cc1. The number of aromatic nitrogens is 5. The fourth-order valence-electron chi connectivity index (χ4n) is 2.73. The number of aryl methyl sites for hydroxylation is 1. The van der Waals surface area contributed by atoms with Gasteiger partial charge in [0, 0.05) is 32.1 Å². The number of hydrogen-bond acceptors (Lipinski definition) is 5. The highest BCUT2D eigenvalue weighted by Crippen LogP contribution is 2.19. The highest BCUT2D eigenvalue weighted by molar-refractivity contribution is 5.89. The van der Waals surface area contributed by atoms with Gasteiger partial charge in [-0.3, -0.25) is 5.10 Å². The molecule has 9 nitrogen and oxygen atoms in total. The number of rotatable bonds is 8. The van der Waals surface area contributed by atoms with Gasteiger partial charge >= 0.3 is 6.03 Å². The number of benzene rings is 1. The van der Waals surface area contributed by atoms with Crippen LogP contribution in [0.5, 0.6) is 0 Å². The van der Waals surface area contributed by atoms with Gasteiger partial charge in [-0.05, 0) is 37.1 Å². The Labute approximate surface area is 157 Å². The molecular formula is C18H23N7O2. The van der Waals surface area contributed by atoms with Gasteiger partial charge in [-0.2, -0.15) is 5.10 Å². The van der Waals surface area contributed by atoms with Crippen molar-refractivity contribution in [1.29, 1.82) is 0 Å². The molecule has 0 saturated heterocycles. The van der Waals surface area contributed by atoms with Crippen molar-refractivity contribution in [2.24, 2.45) is 0 Å². The predicted octanol–water partition coefficient (Wildman–Crippen LogP) is 2.59. The largest absolute Gasteiger partial charge is 0.385 e. The summed E-state index contributed by atoms with van der Waals surface area (Å²) in [6, 6.07) is 8.82. The zero-order valence-corrected chi connectivity index (χ0v) is 15.3. The van der Waals surface area contributed by atoms with Crippen LogP contribution >= 0.6 is 0 Å². The zero-order valence-electron chi connectivity index (χ0n) is 15.3. The highest BCUT2D eigenvalue weighted by Gasteiger charge is 2.15. The average molecular weight is 369 g/mol. The summed E-state index contributed by atoms with van der Waals surface area (Å²) in [5.74, 6) is 0.704. The Bertz CT molecular complexity index is 843. The topological polar surface area (TPSA) is 110 Å². The maximum absolute atomic E-state index is 12.3. The number of carbonyl (C=O) groups excluding carboxylic acids is 1. The van der Waals surface area contributed by atoms with Crippen molar-refractivity contribution in [1.82, 2.24) is 30.3 Å². The van der Waals surface area contributed by atoms with Crippen molar-refractivity contribution in [3.8, 4) is 11.3 Å². The molecule has 0 spiro atoms. The number of hydrogen-bond donors (Lipinski definition) is 3. The summed E-state index contributed by atoms with van der Waals surface area (Å²) in [5.41, 5.74) is 2.62. The van der Waals surface area contributed by atoms with E-state index in [-0.39, 0.29) is 12.1 Å². The summed E-state index contributed by atoms with van der Waals surface area (Å²) >= 11 is 0. The van der Waals surface area contributed by atoms with Crippen molar-refractivity contribution in [3.63, 3.8) is 0 Å². The van der Waals surface area contributed by atoms with Gasteiger partial charge in [-0.25, -0.2) is 4.79 Å². The predicted molar refractivity (Wildman–Crippen MR) is 101 cm³/mol. The molecule has 0 fully saturated rings. The lowest BCUT2D eigenvalue weighted by molar-refractivity contribution is 0.189. The molecule has 1 aromatic carbocycles. The van der Waals surface area contributed by atoms with Gasteiger partial charge in [0.1, 0.15) is 6.33 Å². The fraction of sp³-hybridized carbons (Fsp3) is 0.333. The molecule has 3 aromatic rings. The minimum absolute atomic E-state index is 0.278. The Morgan fingerprint density at radius 1 is 1.30 bits per heavy atom. The molecular weight excluding hydrogens is 346 g/mol. The molecule has 2 amide bonds. The summed E-state index contributed by atoms with van der Waals surface area (Å²) in [6.07, 6.45) is 4.21. The number of aromatic amines is 1. The Balaban J connectivity index is 1.55. The number of anilines is 1. The van der Waals surface area contributed by atoms with Gasteiger partial charge in [0.25, 0.3) is 0 Å². The van der Waals surface area contributed by atoms with Gasteiger partial charge in [-0.15, -0.1) is 10.2 Å². The lowest BCUT2D eigenvalue weighted by Gasteiger charge is -2.15. The number of nitrogens with zero attached hydrogens (tertiary/aromatic N) is 4. The molecule has 0 bridgehead atoms. The second-order valence-corrected chi connectivity index (χ2v) is 6.10. The van der Waals surface area contributed by atoms with Crippen LogP contribution in [0.1, 0.15) is 25.2 Å². The minimum atomic E-state index is -0.303. The fourth-order valence-corrected chi connectivity index (χ4v) is 2.73. The lowest BCUT2D eigenvalue weighted by Crippen LogP contribution is -2.32. The summed E-state index contributed by atoms with van der Waals surface area (Å²) in [7, 11) is 1.67. The number of H-pyrrole nitrogens is 1. The van der Waals surface area contributed by atoms with Crippen LogP contribution in [0.25, 0.3) is 11.3 Å². The highest BCUT2D eigenvalue weighted by atomic mass is 16.5. The number of methoxy groups -OCH3 is 1. The van der Waals surface area contributed by atoms with Crippen molar-refractivity contribution < 1.29 is 9.53 Å².